The Morgan fingerprint density at radius 3 is 1.45 bits per heavy atom. The standard InChI is InChI=1S/C26H13Cl6N5O/c1-38-11-4-2-10(3-5-11)24-35-25(22-20(31)16-14(33-22)8-6-12(27)18(16)29)37-26(36-24)23-21(32)17-15(34-23)9-7-13(28)19(17)30/h2-9,33-34H,1H3. The lowest BCUT2D eigenvalue weighted by Crippen LogP contribution is -2.01. The Kier molecular flexibility index (Phi) is 6.59. The molecule has 3 heterocycles. The molecule has 0 atom stereocenters. The minimum atomic E-state index is 0.271. The Bertz CT molecular complexity index is 1770. The molecule has 0 saturated carbocycles. The summed E-state index contributed by atoms with van der Waals surface area (Å²) in [5.74, 6) is 1.62. The van der Waals surface area contributed by atoms with Crippen LogP contribution in [0.1, 0.15) is 0 Å². The Balaban J connectivity index is 1.62. The average Bonchev–Trinajstić information content (AvgIpc) is 3.45. The molecule has 0 bridgehead atoms. The predicted molar refractivity (Wildman–Crippen MR) is 156 cm³/mol. The fourth-order valence-corrected chi connectivity index (χ4v) is 5.73. The molecule has 38 heavy (non-hydrogen) atoms. The van der Waals surface area contributed by atoms with Gasteiger partial charge in [0.25, 0.3) is 0 Å². The van der Waals surface area contributed by atoms with Gasteiger partial charge in [-0.15, -0.1) is 0 Å². The number of halogens is 6. The van der Waals surface area contributed by atoms with Crippen LogP contribution in [-0.4, -0.2) is 32.0 Å². The van der Waals surface area contributed by atoms with Crippen LogP contribution in [0, 0.1) is 0 Å². The number of rotatable bonds is 4. The zero-order valence-corrected chi connectivity index (χ0v) is 23.7. The largest absolute Gasteiger partial charge is 0.497 e. The summed E-state index contributed by atoms with van der Waals surface area (Å²) in [6.07, 6.45) is 0. The van der Waals surface area contributed by atoms with Crippen molar-refractivity contribution in [3.8, 4) is 40.2 Å². The fourth-order valence-electron chi connectivity index (χ4n) is 4.14. The van der Waals surface area contributed by atoms with Gasteiger partial charge in [0.1, 0.15) is 17.1 Å². The monoisotopic (exact) mass is 621 g/mol. The van der Waals surface area contributed by atoms with Crippen molar-refractivity contribution in [3.05, 3.63) is 78.7 Å². The first-order chi connectivity index (χ1) is 18.3. The number of hydrogen-bond acceptors (Lipinski definition) is 4. The number of nitrogens with zero attached hydrogens (tertiary/aromatic N) is 3. The topological polar surface area (TPSA) is 79.5 Å². The van der Waals surface area contributed by atoms with E-state index >= 15 is 0 Å². The van der Waals surface area contributed by atoms with Crippen molar-refractivity contribution in [1.82, 2.24) is 24.9 Å². The summed E-state index contributed by atoms with van der Waals surface area (Å²) in [5, 5.41) is 3.18. The van der Waals surface area contributed by atoms with E-state index in [1.165, 1.54) is 0 Å². The molecule has 6 aromatic rings. The molecule has 0 unspecified atom stereocenters. The van der Waals surface area contributed by atoms with E-state index in [0.29, 0.717) is 74.9 Å². The fraction of sp³-hybridized carbons (Fsp3) is 0.0385. The number of benzene rings is 3. The molecule has 0 aliphatic carbocycles. The van der Waals surface area contributed by atoms with Crippen molar-refractivity contribution in [2.45, 2.75) is 0 Å². The van der Waals surface area contributed by atoms with Crippen molar-refractivity contribution in [3.63, 3.8) is 0 Å². The molecule has 3 aromatic heterocycles. The SMILES string of the molecule is COc1ccc(-c2nc(-c3[nH]c4ccc(Cl)c(Cl)c4c3Cl)nc(-c3[nH]c4ccc(Cl)c(Cl)c4c3Cl)n2)cc1. The maximum atomic E-state index is 6.78. The van der Waals surface area contributed by atoms with E-state index in [0.717, 1.165) is 5.56 Å². The highest BCUT2D eigenvalue weighted by Gasteiger charge is 2.23. The number of aromatic nitrogens is 5. The first-order valence-electron chi connectivity index (χ1n) is 11.0. The Labute approximate surface area is 245 Å². The summed E-state index contributed by atoms with van der Waals surface area (Å²) in [4.78, 5) is 20.7. The number of methoxy groups -OCH3 is 1. The van der Waals surface area contributed by atoms with Gasteiger partial charge in [-0.2, -0.15) is 0 Å². The quantitative estimate of drug-likeness (QED) is 0.205. The summed E-state index contributed by atoms with van der Waals surface area (Å²) in [6.45, 7) is 0. The number of H-pyrrole nitrogens is 2. The van der Waals surface area contributed by atoms with Gasteiger partial charge < -0.3 is 14.7 Å². The van der Waals surface area contributed by atoms with Crippen LogP contribution in [0.25, 0.3) is 56.2 Å². The summed E-state index contributed by atoms with van der Waals surface area (Å²) in [7, 11) is 1.60. The van der Waals surface area contributed by atoms with E-state index in [1.54, 1.807) is 31.4 Å². The molecule has 6 nitrogen and oxygen atoms in total. The van der Waals surface area contributed by atoms with Crippen LogP contribution in [0.4, 0.5) is 0 Å². The van der Waals surface area contributed by atoms with Gasteiger partial charge >= 0.3 is 0 Å². The Hall–Kier alpha value is -2.71. The number of aromatic amines is 2. The van der Waals surface area contributed by atoms with E-state index in [1.807, 2.05) is 24.3 Å². The van der Waals surface area contributed by atoms with E-state index in [-0.39, 0.29) is 11.6 Å². The van der Waals surface area contributed by atoms with Crippen LogP contribution in [0.15, 0.2) is 48.5 Å². The third-order valence-electron chi connectivity index (χ3n) is 6.02. The zero-order valence-electron chi connectivity index (χ0n) is 19.1. The Morgan fingerprint density at radius 1 is 0.553 bits per heavy atom. The van der Waals surface area contributed by atoms with Gasteiger partial charge in [-0.3, -0.25) is 0 Å². The van der Waals surface area contributed by atoms with Crippen LogP contribution >= 0.6 is 69.6 Å². The third kappa shape index (κ3) is 4.16. The molecule has 0 aliphatic heterocycles. The van der Waals surface area contributed by atoms with E-state index in [2.05, 4.69) is 9.97 Å². The molecule has 0 spiro atoms. The van der Waals surface area contributed by atoms with E-state index in [9.17, 15) is 0 Å². The molecular formula is C26H13Cl6N5O. The van der Waals surface area contributed by atoms with Crippen molar-refractivity contribution < 1.29 is 4.74 Å². The maximum Gasteiger partial charge on any atom is 0.181 e. The van der Waals surface area contributed by atoms with Crippen LogP contribution in [0.3, 0.4) is 0 Å². The summed E-state index contributed by atoms with van der Waals surface area (Å²) in [6, 6.07) is 14.2. The molecule has 0 aliphatic rings. The van der Waals surface area contributed by atoms with Crippen molar-refractivity contribution in [2.75, 3.05) is 7.11 Å². The highest BCUT2D eigenvalue weighted by molar-refractivity contribution is 6.49. The first kappa shape index (κ1) is 25.6. The zero-order chi connectivity index (χ0) is 26.7. The smallest absolute Gasteiger partial charge is 0.181 e. The van der Waals surface area contributed by atoms with Crippen LogP contribution < -0.4 is 4.74 Å². The first-order valence-corrected chi connectivity index (χ1v) is 13.2. The predicted octanol–water partition coefficient (Wildman–Crippen LogP) is 9.76. The summed E-state index contributed by atoms with van der Waals surface area (Å²) < 4.78 is 5.29. The van der Waals surface area contributed by atoms with Gasteiger partial charge in [-0.1, -0.05) is 69.6 Å². The lowest BCUT2D eigenvalue weighted by atomic mass is 10.2. The highest BCUT2D eigenvalue weighted by atomic mass is 35.5. The molecule has 0 amide bonds. The van der Waals surface area contributed by atoms with Crippen LogP contribution in [0.5, 0.6) is 5.75 Å². The van der Waals surface area contributed by atoms with Gasteiger partial charge in [0.15, 0.2) is 17.5 Å². The second-order valence-corrected chi connectivity index (χ2v) is 10.6. The van der Waals surface area contributed by atoms with Gasteiger partial charge in [-0.05, 0) is 48.5 Å². The van der Waals surface area contributed by atoms with Crippen LogP contribution in [0.2, 0.25) is 30.1 Å². The highest BCUT2D eigenvalue weighted by Crippen LogP contribution is 2.43. The van der Waals surface area contributed by atoms with Crippen LogP contribution in [-0.2, 0) is 0 Å². The van der Waals surface area contributed by atoms with E-state index < -0.39 is 0 Å². The number of ether oxygens (including phenoxy) is 1. The Morgan fingerprint density at radius 2 is 1.00 bits per heavy atom. The van der Waals surface area contributed by atoms with Crippen molar-refractivity contribution in [2.24, 2.45) is 0 Å². The van der Waals surface area contributed by atoms with Crippen molar-refractivity contribution in [1.29, 1.82) is 0 Å². The second-order valence-electron chi connectivity index (χ2n) is 8.23. The minimum Gasteiger partial charge on any atom is -0.497 e. The third-order valence-corrected chi connectivity index (χ3v) is 8.38. The molecule has 190 valence electrons. The normalized spacial score (nSPS) is 11.6. The molecule has 0 fully saturated rings. The number of fused-ring (bicyclic) bond motifs is 2. The van der Waals surface area contributed by atoms with Gasteiger partial charge in [-0.25, -0.2) is 15.0 Å². The van der Waals surface area contributed by atoms with E-state index in [4.69, 9.17) is 89.3 Å². The average molecular weight is 624 g/mol. The number of hydrogen-bond donors (Lipinski definition) is 2. The summed E-state index contributed by atoms with van der Waals surface area (Å²) >= 11 is 39.0. The molecule has 3 aromatic carbocycles. The molecule has 12 heteroatoms. The summed E-state index contributed by atoms with van der Waals surface area (Å²) in [5.41, 5.74) is 2.96. The minimum absolute atomic E-state index is 0.271. The molecule has 0 saturated heterocycles. The molecule has 0 radical (unpaired) electrons. The van der Waals surface area contributed by atoms with Gasteiger partial charge in [0.05, 0.1) is 37.2 Å². The molecule has 2 N–H and O–H groups in total. The number of nitrogens with one attached hydrogen (secondary N) is 2. The maximum absolute atomic E-state index is 6.78. The molecule has 6 rings (SSSR count). The van der Waals surface area contributed by atoms with Gasteiger partial charge in [0, 0.05) is 27.4 Å². The second kappa shape index (κ2) is 9.79. The lowest BCUT2D eigenvalue weighted by Gasteiger charge is -2.08. The lowest BCUT2D eigenvalue weighted by molar-refractivity contribution is 0.415. The molecular weight excluding hydrogens is 611 g/mol. The van der Waals surface area contributed by atoms with Crippen molar-refractivity contribution >= 4 is 91.4 Å². The van der Waals surface area contributed by atoms with Gasteiger partial charge in [0.2, 0.25) is 0 Å².